The minimum atomic E-state index is -3.66. The van der Waals surface area contributed by atoms with Crippen molar-refractivity contribution >= 4 is 37.3 Å². The third-order valence-electron chi connectivity index (χ3n) is 4.96. The minimum absolute atomic E-state index is 0.316. The topological polar surface area (TPSA) is 68.3 Å². The van der Waals surface area contributed by atoms with Crippen molar-refractivity contribution in [2.24, 2.45) is 0 Å². The maximum absolute atomic E-state index is 12.9. The predicted molar refractivity (Wildman–Crippen MR) is 123 cm³/mol. The molecular formula is C23H22N2O3S2. The number of sulfonamides is 1. The van der Waals surface area contributed by atoms with E-state index in [0.29, 0.717) is 17.0 Å². The molecule has 4 aromatic rings. The zero-order chi connectivity index (χ0) is 21.3. The van der Waals surface area contributed by atoms with Gasteiger partial charge in [-0.2, -0.15) is 0 Å². The van der Waals surface area contributed by atoms with Gasteiger partial charge in [0.2, 0.25) is 0 Å². The van der Waals surface area contributed by atoms with Crippen molar-refractivity contribution in [3.8, 4) is 16.3 Å². The molecule has 0 atom stereocenters. The SMILES string of the molecule is CCc1ccccc1S(=O)(=O)Nc1ccc(-c2nc3ccc(OC)cc3s2)cc1C. The number of hydrogen-bond acceptors (Lipinski definition) is 5. The standard InChI is InChI=1S/C23H22N2O3S2/c1-4-16-7-5-6-8-22(16)30(26,27)25-19-11-9-17(13-15(19)2)23-24-20-12-10-18(28-3)14-21(20)29-23/h5-14,25H,4H2,1-3H3. The summed E-state index contributed by atoms with van der Waals surface area (Å²) in [6, 6.07) is 18.5. The van der Waals surface area contributed by atoms with Crippen LogP contribution in [0.4, 0.5) is 5.69 Å². The molecule has 0 amide bonds. The van der Waals surface area contributed by atoms with Crippen LogP contribution in [0.3, 0.4) is 0 Å². The summed E-state index contributed by atoms with van der Waals surface area (Å²) in [6.45, 7) is 3.84. The average molecular weight is 439 g/mol. The van der Waals surface area contributed by atoms with E-state index in [9.17, 15) is 8.42 Å². The summed E-state index contributed by atoms with van der Waals surface area (Å²) in [6.07, 6.45) is 0.650. The Bertz CT molecular complexity index is 1330. The van der Waals surface area contributed by atoms with Gasteiger partial charge in [0, 0.05) is 5.56 Å². The lowest BCUT2D eigenvalue weighted by atomic mass is 10.1. The molecule has 1 N–H and O–H groups in total. The first-order valence-electron chi connectivity index (χ1n) is 9.57. The largest absolute Gasteiger partial charge is 0.497 e. The van der Waals surface area contributed by atoms with Gasteiger partial charge in [-0.15, -0.1) is 11.3 Å². The van der Waals surface area contributed by atoms with Crippen molar-refractivity contribution in [3.05, 3.63) is 71.8 Å². The summed E-state index contributed by atoms with van der Waals surface area (Å²) < 4.78 is 34.9. The zero-order valence-corrected chi connectivity index (χ0v) is 18.6. The number of aryl methyl sites for hydroxylation is 2. The average Bonchev–Trinajstić information content (AvgIpc) is 3.18. The second-order valence-electron chi connectivity index (χ2n) is 6.95. The Kier molecular flexibility index (Phi) is 5.49. The van der Waals surface area contributed by atoms with E-state index in [-0.39, 0.29) is 0 Å². The molecule has 7 heteroatoms. The van der Waals surface area contributed by atoms with E-state index in [1.807, 2.05) is 56.3 Å². The van der Waals surface area contributed by atoms with Crippen molar-refractivity contribution in [3.63, 3.8) is 0 Å². The summed E-state index contributed by atoms with van der Waals surface area (Å²) in [4.78, 5) is 5.01. The van der Waals surface area contributed by atoms with Crippen LogP contribution in [0, 0.1) is 6.92 Å². The van der Waals surface area contributed by atoms with Gasteiger partial charge in [0.15, 0.2) is 0 Å². The van der Waals surface area contributed by atoms with Gasteiger partial charge in [-0.05, 0) is 66.9 Å². The first kappa shape index (κ1) is 20.4. The molecule has 0 saturated carbocycles. The van der Waals surface area contributed by atoms with Gasteiger partial charge in [-0.1, -0.05) is 25.1 Å². The Balaban J connectivity index is 1.65. The maximum atomic E-state index is 12.9. The summed E-state index contributed by atoms with van der Waals surface area (Å²) in [5, 5.41) is 0.882. The molecule has 0 radical (unpaired) electrons. The predicted octanol–water partition coefficient (Wildman–Crippen LogP) is 5.64. The van der Waals surface area contributed by atoms with Crippen LogP contribution in [0.15, 0.2) is 65.6 Å². The number of thiazole rings is 1. The summed E-state index contributed by atoms with van der Waals surface area (Å²) in [7, 11) is -2.02. The van der Waals surface area contributed by atoms with Gasteiger partial charge < -0.3 is 4.74 Å². The van der Waals surface area contributed by atoms with Crippen molar-refractivity contribution in [1.82, 2.24) is 4.98 Å². The van der Waals surface area contributed by atoms with Crippen LogP contribution >= 0.6 is 11.3 Å². The number of rotatable bonds is 6. The van der Waals surface area contributed by atoms with Crippen LogP contribution in [0.25, 0.3) is 20.8 Å². The molecule has 0 fully saturated rings. The zero-order valence-electron chi connectivity index (χ0n) is 17.0. The van der Waals surface area contributed by atoms with Crippen molar-refractivity contribution in [2.75, 3.05) is 11.8 Å². The van der Waals surface area contributed by atoms with Gasteiger partial charge in [0.05, 0.1) is 27.9 Å². The molecule has 30 heavy (non-hydrogen) atoms. The summed E-state index contributed by atoms with van der Waals surface area (Å²) >= 11 is 1.58. The van der Waals surface area contributed by atoms with Crippen LogP contribution in [0.1, 0.15) is 18.1 Å². The van der Waals surface area contributed by atoms with Gasteiger partial charge >= 0.3 is 0 Å². The third kappa shape index (κ3) is 3.91. The van der Waals surface area contributed by atoms with Crippen LogP contribution in [-0.4, -0.2) is 20.5 Å². The second-order valence-corrected chi connectivity index (χ2v) is 9.63. The Labute approximate surface area is 180 Å². The highest BCUT2D eigenvalue weighted by atomic mass is 32.2. The molecule has 154 valence electrons. The highest BCUT2D eigenvalue weighted by molar-refractivity contribution is 7.92. The summed E-state index contributed by atoms with van der Waals surface area (Å²) in [5.74, 6) is 0.797. The lowest BCUT2D eigenvalue weighted by Crippen LogP contribution is -2.15. The second kappa shape index (κ2) is 8.08. The molecule has 3 aromatic carbocycles. The van der Waals surface area contributed by atoms with E-state index >= 15 is 0 Å². The number of ether oxygens (including phenoxy) is 1. The molecular weight excluding hydrogens is 416 g/mol. The number of anilines is 1. The van der Waals surface area contributed by atoms with Crippen LogP contribution in [0.2, 0.25) is 0 Å². The van der Waals surface area contributed by atoms with E-state index in [1.54, 1.807) is 36.6 Å². The fourth-order valence-electron chi connectivity index (χ4n) is 3.32. The molecule has 0 aliphatic heterocycles. The molecule has 0 unspecified atom stereocenters. The van der Waals surface area contributed by atoms with Gasteiger partial charge in [-0.25, -0.2) is 13.4 Å². The molecule has 0 bridgehead atoms. The van der Waals surface area contributed by atoms with E-state index in [0.717, 1.165) is 37.7 Å². The Morgan fingerprint density at radius 2 is 1.87 bits per heavy atom. The van der Waals surface area contributed by atoms with Crippen LogP contribution in [-0.2, 0) is 16.4 Å². The Hall–Kier alpha value is -2.90. The molecule has 5 nitrogen and oxygen atoms in total. The summed E-state index contributed by atoms with van der Waals surface area (Å²) in [5.41, 5.74) is 4.05. The molecule has 0 spiro atoms. The number of methoxy groups -OCH3 is 1. The highest BCUT2D eigenvalue weighted by Gasteiger charge is 2.19. The maximum Gasteiger partial charge on any atom is 0.262 e. The molecule has 4 rings (SSSR count). The fourth-order valence-corrected chi connectivity index (χ4v) is 5.76. The fraction of sp³-hybridized carbons (Fsp3) is 0.174. The molecule has 0 saturated heterocycles. The smallest absolute Gasteiger partial charge is 0.262 e. The quantitative estimate of drug-likeness (QED) is 0.423. The minimum Gasteiger partial charge on any atom is -0.497 e. The lowest BCUT2D eigenvalue weighted by molar-refractivity contribution is 0.415. The van der Waals surface area contributed by atoms with E-state index < -0.39 is 10.0 Å². The lowest BCUT2D eigenvalue weighted by Gasteiger charge is -2.13. The van der Waals surface area contributed by atoms with E-state index in [4.69, 9.17) is 9.72 Å². The van der Waals surface area contributed by atoms with Gasteiger partial charge in [0.1, 0.15) is 10.8 Å². The third-order valence-corrected chi connectivity index (χ3v) is 7.49. The highest BCUT2D eigenvalue weighted by Crippen LogP contribution is 2.34. The number of aromatic nitrogens is 1. The Morgan fingerprint density at radius 1 is 1.07 bits per heavy atom. The molecule has 1 aromatic heterocycles. The number of benzene rings is 3. The first-order valence-corrected chi connectivity index (χ1v) is 11.9. The van der Waals surface area contributed by atoms with Crippen molar-refractivity contribution in [2.45, 2.75) is 25.2 Å². The number of nitrogens with zero attached hydrogens (tertiary/aromatic N) is 1. The van der Waals surface area contributed by atoms with Gasteiger partial charge in [-0.3, -0.25) is 4.72 Å². The number of nitrogens with one attached hydrogen (secondary N) is 1. The monoisotopic (exact) mass is 438 g/mol. The number of fused-ring (bicyclic) bond motifs is 1. The first-order chi connectivity index (χ1) is 14.4. The molecule has 0 aliphatic carbocycles. The van der Waals surface area contributed by atoms with Crippen LogP contribution in [0.5, 0.6) is 5.75 Å². The van der Waals surface area contributed by atoms with Crippen LogP contribution < -0.4 is 9.46 Å². The Morgan fingerprint density at radius 3 is 2.60 bits per heavy atom. The molecule has 0 aliphatic rings. The normalized spacial score (nSPS) is 11.6. The van der Waals surface area contributed by atoms with Gasteiger partial charge in [0.25, 0.3) is 10.0 Å². The molecule has 1 heterocycles. The van der Waals surface area contributed by atoms with Crippen molar-refractivity contribution < 1.29 is 13.2 Å². The number of hydrogen-bond donors (Lipinski definition) is 1. The van der Waals surface area contributed by atoms with E-state index in [1.165, 1.54) is 0 Å². The van der Waals surface area contributed by atoms with E-state index in [2.05, 4.69) is 4.72 Å². The van der Waals surface area contributed by atoms with Crippen molar-refractivity contribution in [1.29, 1.82) is 0 Å².